The second-order valence-corrected chi connectivity index (χ2v) is 3.01. The Labute approximate surface area is 79.6 Å². The first-order chi connectivity index (χ1) is 6.79. The third-order valence-corrected chi connectivity index (χ3v) is 2.11. The molecule has 0 aliphatic carbocycles. The Morgan fingerprint density at radius 1 is 1.71 bits per heavy atom. The van der Waals surface area contributed by atoms with E-state index >= 15 is 0 Å². The molecule has 2 N–H and O–H groups in total. The van der Waals surface area contributed by atoms with Crippen LogP contribution in [0.3, 0.4) is 0 Å². The van der Waals surface area contributed by atoms with Gasteiger partial charge in [0.15, 0.2) is 0 Å². The summed E-state index contributed by atoms with van der Waals surface area (Å²) in [6.07, 6.45) is 1.21. The average Bonchev–Trinajstić information content (AvgIpc) is 2.67. The van der Waals surface area contributed by atoms with Crippen LogP contribution in [0, 0.1) is 10.1 Å². The monoisotopic (exact) mass is 198 g/mol. The standard InChI is InChI=1S/C7H10N4O3/c12-11(13)6-3-9-10-7(6)5-4-14-2-1-8-5/h3,5,8H,1-2,4H2,(H,9,10). The van der Waals surface area contributed by atoms with E-state index in [9.17, 15) is 10.1 Å². The van der Waals surface area contributed by atoms with Crippen LogP contribution in [0.25, 0.3) is 0 Å². The molecule has 1 atom stereocenters. The average molecular weight is 198 g/mol. The third-order valence-electron chi connectivity index (χ3n) is 2.11. The smallest absolute Gasteiger partial charge is 0.311 e. The van der Waals surface area contributed by atoms with E-state index in [1.165, 1.54) is 6.20 Å². The summed E-state index contributed by atoms with van der Waals surface area (Å²) in [7, 11) is 0. The highest BCUT2D eigenvalue weighted by atomic mass is 16.6. The van der Waals surface area contributed by atoms with E-state index in [0.29, 0.717) is 25.5 Å². The number of nitro groups is 1. The van der Waals surface area contributed by atoms with Crippen molar-refractivity contribution < 1.29 is 9.66 Å². The number of aromatic nitrogens is 2. The second kappa shape index (κ2) is 3.72. The largest absolute Gasteiger partial charge is 0.378 e. The molecule has 76 valence electrons. The van der Waals surface area contributed by atoms with Crippen molar-refractivity contribution in [2.24, 2.45) is 0 Å². The normalized spacial score (nSPS) is 22.1. The van der Waals surface area contributed by atoms with Crippen LogP contribution in [0.15, 0.2) is 6.20 Å². The summed E-state index contributed by atoms with van der Waals surface area (Å²) in [6, 6.07) is -0.161. The first kappa shape index (κ1) is 9.10. The lowest BCUT2D eigenvalue weighted by Crippen LogP contribution is -2.35. The van der Waals surface area contributed by atoms with E-state index in [4.69, 9.17) is 4.74 Å². The van der Waals surface area contributed by atoms with Crippen molar-refractivity contribution in [3.05, 3.63) is 22.0 Å². The van der Waals surface area contributed by atoms with E-state index in [1.807, 2.05) is 0 Å². The lowest BCUT2D eigenvalue weighted by Gasteiger charge is -2.21. The molecule has 0 bridgehead atoms. The number of hydrogen-bond donors (Lipinski definition) is 2. The minimum absolute atomic E-state index is 0.00741. The molecular formula is C7H10N4O3. The first-order valence-electron chi connectivity index (χ1n) is 4.28. The Hall–Kier alpha value is -1.47. The Kier molecular flexibility index (Phi) is 2.42. The fraction of sp³-hybridized carbons (Fsp3) is 0.571. The fourth-order valence-electron chi connectivity index (χ4n) is 1.44. The van der Waals surface area contributed by atoms with Crippen molar-refractivity contribution in [3.8, 4) is 0 Å². The Morgan fingerprint density at radius 2 is 2.57 bits per heavy atom. The molecule has 0 radical (unpaired) electrons. The van der Waals surface area contributed by atoms with Gasteiger partial charge in [-0.05, 0) is 0 Å². The molecule has 1 aliphatic rings. The molecule has 1 unspecified atom stereocenters. The maximum Gasteiger partial charge on any atom is 0.311 e. The van der Waals surface area contributed by atoms with Crippen LogP contribution in [-0.2, 0) is 4.74 Å². The zero-order valence-corrected chi connectivity index (χ0v) is 7.40. The third kappa shape index (κ3) is 1.59. The highest BCUT2D eigenvalue weighted by Gasteiger charge is 2.25. The summed E-state index contributed by atoms with van der Waals surface area (Å²) in [4.78, 5) is 10.2. The molecule has 14 heavy (non-hydrogen) atoms. The SMILES string of the molecule is O=[N+]([O-])c1cn[nH]c1C1COCCN1. The number of hydrogen-bond acceptors (Lipinski definition) is 5. The number of nitrogens with zero attached hydrogens (tertiary/aromatic N) is 2. The molecule has 0 spiro atoms. The Bertz CT molecular complexity index is 331. The van der Waals surface area contributed by atoms with Gasteiger partial charge in [-0.3, -0.25) is 15.2 Å². The maximum absolute atomic E-state index is 10.6. The van der Waals surface area contributed by atoms with Crippen LogP contribution in [0.2, 0.25) is 0 Å². The van der Waals surface area contributed by atoms with Gasteiger partial charge in [0, 0.05) is 6.54 Å². The maximum atomic E-state index is 10.6. The fourth-order valence-corrected chi connectivity index (χ4v) is 1.44. The minimum atomic E-state index is -0.449. The zero-order valence-electron chi connectivity index (χ0n) is 7.40. The van der Waals surface area contributed by atoms with Gasteiger partial charge in [-0.15, -0.1) is 0 Å². The van der Waals surface area contributed by atoms with E-state index in [1.54, 1.807) is 0 Å². The van der Waals surface area contributed by atoms with Gasteiger partial charge >= 0.3 is 5.69 Å². The highest BCUT2D eigenvalue weighted by molar-refractivity contribution is 5.34. The number of morpholine rings is 1. The Morgan fingerprint density at radius 3 is 3.21 bits per heavy atom. The van der Waals surface area contributed by atoms with Crippen LogP contribution < -0.4 is 5.32 Å². The van der Waals surface area contributed by atoms with Gasteiger partial charge in [0.05, 0.1) is 24.2 Å². The summed E-state index contributed by atoms with van der Waals surface area (Å²) in [5, 5.41) is 20.0. The van der Waals surface area contributed by atoms with E-state index < -0.39 is 4.92 Å². The Balaban J connectivity index is 2.21. The van der Waals surface area contributed by atoms with Crippen molar-refractivity contribution in [1.29, 1.82) is 0 Å². The second-order valence-electron chi connectivity index (χ2n) is 3.01. The van der Waals surface area contributed by atoms with Gasteiger partial charge < -0.3 is 10.1 Å². The quantitative estimate of drug-likeness (QED) is 0.514. The molecule has 1 saturated heterocycles. The van der Waals surface area contributed by atoms with Crippen molar-refractivity contribution in [1.82, 2.24) is 15.5 Å². The summed E-state index contributed by atoms with van der Waals surface area (Å²) in [6.45, 7) is 1.77. The van der Waals surface area contributed by atoms with Crippen molar-refractivity contribution in [2.75, 3.05) is 19.8 Å². The number of rotatable bonds is 2. The lowest BCUT2D eigenvalue weighted by molar-refractivity contribution is -0.385. The minimum Gasteiger partial charge on any atom is -0.378 e. The lowest BCUT2D eigenvalue weighted by atomic mass is 10.2. The van der Waals surface area contributed by atoms with Gasteiger partial charge in [0.2, 0.25) is 0 Å². The summed E-state index contributed by atoms with van der Waals surface area (Å²) < 4.78 is 5.21. The summed E-state index contributed by atoms with van der Waals surface area (Å²) in [5.74, 6) is 0. The van der Waals surface area contributed by atoms with E-state index in [-0.39, 0.29) is 11.7 Å². The van der Waals surface area contributed by atoms with E-state index in [0.717, 1.165) is 0 Å². The molecule has 1 aromatic heterocycles. The molecule has 2 rings (SSSR count). The molecule has 1 aromatic rings. The number of aromatic amines is 1. The molecule has 0 aromatic carbocycles. The van der Waals surface area contributed by atoms with Gasteiger partial charge in [0.1, 0.15) is 11.9 Å². The number of H-pyrrole nitrogens is 1. The summed E-state index contributed by atoms with van der Waals surface area (Å²) >= 11 is 0. The zero-order chi connectivity index (χ0) is 9.97. The molecule has 7 nitrogen and oxygen atoms in total. The van der Waals surface area contributed by atoms with Gasteiger partial charge in [0.25, 0.3) is 0 Å². The molecule has 2 heterocycles. The molecular weight excluding hydrogens is 188 g/mol. The van der Waals surface area contributed by atoms with Crippen molar-refractivity contribution in [3.63, 3.8) is 0 Å². The van der Waals surface area contributed by atoms with Crippen LogP contribution in [-0.4, -0.2) is 34.9 Å². The molecule has 1 aliphatic heterocycles. The molecule has 1 fully saturated rings. The highest BCUT2D eigenvalue weighted by Crippen LogP contribution is 2.23. The van der Waals surface area contributed by atoms with Crippen LogP contribution >= 0.6 is 0 Å². The van der Waals surface area contributed by atoms with Crippen molar-refractivity contribution >= 4 is 5.69 Å². The topological polar surface area (TPSA) is 93.1 Å². The molecule has 0 saturated carbocycles. The predicted octanol–water partition coefficient (Wildman–Crippen LogP) is -0.0212. The summed E-state index contributed by atoms with van der Waals surface area (Å²) in [5.41, 5.74) is 0.489. The molecule has 0 amide bonds. The van der Waals surface area contributed by atoms with Crippen LogP contribution in [0.4, 0.5) is 5.69 Å². The van der Waals surface area contributed by atoms with Gasteiger partial charge in [-0.2, -0.15) is 5.10 Å². The van der Waals surface area contributed by atoms with Crippen molar-refractivity contribution in [2.45, 2.75) is 6.04 Å². The number of ether oxygens (including phenoxy) is 1. The van der Waals surface area contributed by atoms with Gasteiger partial charge in [-0.25, -0.2) is 0 Å². The first-order valence-corrected chi connectivity index (χ1v) is 4.28. The van der Waals surface area contributed by atoms with E-state index in [2.05, 4.69) is 15.5 Å². The number of nitrogens with one attached hydrogen (secondary N) is 2. The predicted molar refractivity (Wildman–Crippen MR) is 46.8 cm³/mol. The van der Waals surface area contributed by atoms with Crippen LogP contribution in [0.5, 0.6) is 0 Å². The molecule has 7 heteroatoms. The van der Waals surface area contributed by atoms with Gasteiger partial charge in [-0.1, -0.05) is 0 Å². The van der Waals surface area contributed by atoms with Crippen LogP contribution in [0.1, 0.15) is 11.7 Å².